The van der Waals surface area contributed by atoms with E-state index in [1.807, 2.05) is 30.3 Å². The van der Waals surface area contributed by atoms with Crippen LogP contribution in [-0.4, -0.2) is 68.8 Å². The molecule has 2 bridgehead atoms. The third kappa shape index (κ3) is 3.90. The summed E-state index contributed by atoms with van der Waals surface area (Å²) in [6, 6.07) is 9.87. The Labute approximate surface area is 144 Å². The molecule has 5 nitrogen and oxygen atoms in total. The van der Waals surface area contributed by atoms with Gasteiger partial charge in [-0.05, 0) is 46.1 Å². The Morgan fingerprint density at radius 2 is 1.96 bits per heavy atom. The number of piperidine rings is 1. The standard InChI is InChI=1S/C19H28N2O3/c1-20(2)17-10-9-14-11-21(3)12-16(17)19(14)24-18(22)13-23-15-7-5-4-6-8-15/h4-8,14,16-17,19H,9-13H2,1-3H3/t14?,16?,17-,19-/m1/s1. The van der Waals surface area contributed by atoms with Gasteiger partial charge in [-0.25, -0.2) is 4.79 Å². The van der Waals surface area contributed by atoms with Gasteiger partial charge in [-0.1, -0.05) is 18.2 Å². The summed E-state index contributed by atoms with van der Waals surface area (Å²) < 4.78 is 11.4. The van der Waals surface area contributed by atoms with E-state index in [4.69, 9.17) is 9.47 Å². The highest BCUT2D eigenvalue weighted by molar-refractivity contribution is 5.71. The maximum atomic E-state index is 12.3. The first kappa shape index (κ1) is 17.2. The van der Waals surface area contributed by atoms with Gasteiger partial charge in [0, 0.05) is 31.0 Å². The molecule has 0 aromatic heterocycles. The molecule has 0 N–H and O–H groups in total. The SMILES string of the molecule is CN1CC2CC[C@@H](N(C)C)C(C1)[C@@H]2OC(=O)COc1ccccc1. The van der Waals surface area contributed by atoms with Gasteiger partial charge >= 0.3 is 5.97 Å². The molecule has 1 aromatic carbocycles. The number of hydrogen-bond donors (Lipinski definition) is 0. The first-order valence-corrected chi connectivity index (χ1v) is 8.77. The number of likely N-dealkylation sites (tertiary alicyclic amines) is 1. The summed E-state index contributed by atoms with van der Waals surface area (Å²) in [5, 5.41) is 0. The van der Waals surface area contributed by atoms with E-state index < -0.39 is 0 Å². The minimum absolute atomic E-state index is 0.00854. The molecule has 1 aromatic rings. The maximum absolute atomic E-state index is 12.3. The second kappa shape index (κ2) is 7.53. The van der Waals surface area contributed by atoms with E-state index in [2.05, 4.69) is 30.9 Å². The minimum Gasteiger partial charge on any atom is -0.482 e. The van der Waals surface area contributed by atoms with E-state index in [0.717, 1.165) is 19.5 Å². The summed E-state index contributed by atoms with van der Waals surface area (Å²) in [7, 11) is 6.41. The van der Waals surface area contributed by atoms with Crippen molar-refractivity contribution < 1.29 is 14.3 Å². The van der Waals surface area contributed by atoms with E-state index in [9.17, 15) is 4.79 Å². The van der Waals surface area contributed by atoms with E-state index in [1.54, 1.807) is 0 Å². The third-order valence-electron chi connectivity index (χ3n) is 5.31. The van der Waals surface area contributed by atoms with Crippen LogP contribution >= 0.6 is 0 Å². The molecule has 2 aliphatic rings. The number of carbonyl (C=O) groups is 1. The van der Waals surface area contributed by atoms with Crippen molar-refractivity contribution >= 4 is 5.97 Å². The molecule has 3 rings (SSSR count). The Morgan fingerprint density at radius 3 is 2.67 bits per heavy atom. The predicted octanol–water partition coefficient (Wildman–Crippen LogP) is 1.88. The molecule has 2 unspecified atom stereocenters. The Bertz CT molecular complexity index is 549. The van der Waals surface area contributed by atoms with Crippen LogP contribution in [0.3, 0.4) is 0 Å². The maximum Gasteiger partial charge on any atom is 0.344 e. The zero-order valence-corrected chi connectivity index (χ0v) is 14.9. The van der Waals surface area contributed by atoms with Crippen molar-refractivity contribution in [1.29, 1.82) is 0 Å². The Balaban J connectivity index is 1.61. The second-order valence-electron chi connectivity index (χ2n) is 7.31. The number of nitrogens with zero attached hydrogens (tertiary/aromatic N) is 2. The smallest absolute Gasteiger partial charge is 0.344 e. The second-order valence-corrected chi connectivity index (χ2v) is 7.31. The van der Waals surface area contributed by atoms with Crippen LogP contribution in [0.15, 0.2) is 30.3 Å². The molecule has 0 amide bonds. The summed E-state index contributed by atoms with van der Waals surface area (Å²) in [6.45, 7) is 1.97. The van der Waals surface area contributed by atoms with Crippen LogP contribution < -0.4 is 4.74 Å². The minimum atomic E-state index is -0.261. The summed E-state index contributed by atoms with van der Waals surface area (Å²) >= 11 is 0. The molecule has 1 saturated heterocycles. The van der Waals surface area contributed by atoms with E-state index in [0.29, 0.717) is 23.6 Å². The zero-order valence-electron chi connectivity index (χ0n) is 14.9. The van der Waals surface area contributed by atoms with Gasteiger partial charge in [0.15, 0.2) is 6.61 Å². The molecule has 0 spiro atoms. The van der Waals surface area contributed by atoms with Gasteiger partial charge in [-0.2, -0.15) is 0 Å². The molecular weight excluding hydrogens is 304 g/mol. The summed E-state index contributed by atoms with van der Waals surface area (Å²) in [5.41, 5.74) is 0. The lowest BCUT2D eigenvalue weighted by molar-refractivity contribution is -0.169. The normalized spacial score (nSPS) is 30.2. The van der Waals surface area contributed by atoms with Crippen LogP contribution in [0, 0.1) is 11.8 Å². The molecule has 1 aliphatic heterocycles. The van der Waals surface area contributed by atoms with Crippen LogP contribution in [0.1, 0.15) is 12.8 Å². The lowest BCUT2D eigenvalue weighted by atomic mass is 9.72. The summed E-state index contributed by atoms with van der Waals surface area (Å²) in [4.78, 5) is 16.9. The van der Waals surface area contributed by atoms with Crippen molar-refractivity contribution in [3.8, 4) is 5.75 Å². The first-order valence-electron chi connectivity index (χ1n) is 8.77. The van der Waals surface area contributed by atoms with Crippen LogP contribution in [0.25, 0.3) is 0 Å². The summed E-state index contributed by atoms with van der Waals surface area (Å²) in [6.07, 6.45) is 2.31. The highest BCUT2D eigenvalue weighted by atomic mass is 16.6. The molecule has 1 saturated carbocycles. The molecule has 4 atom stereocenters. The van der Waals surface area contributed by atoms with Crippen molar-refractivity contribution in [2.45, 2.75) is 25.0 Å². The quantitative estimate of drug-likeness (QED) is 0.770. The monoisotopic (exact) mass is 332 g/mol. The fourth-order valence-corrected chi connectivity index (χ4v) is 4.26. The van der Waals surface area contributed by atoms with E-state index in [1.165, 1.54) is 6.42 Å². The van der Waals surface area contributed by atoms with Crippen molar-refractivity contribution in [1.82, 2.24) is 9.80 Å². The third-order valence-corrected chi connectivity index (χ3v) is 5.31. The van der Waals surface area contributed by atoms with Crippen molar-refractivity contribution in [2.75, 3.05) is 40.8 Å². The van der Waals surface area contributed by atoms with E-state index >= 15 is 0 Å². The van der Waals surface area contributed by atoms with Gasteiger partial charge in [-0.3, -0.25) is 0 Å². The predicted molar refractivity (Wildman–Crippen MR) is 93.0 cm³/mol. The average molecular weight is 332 g/mol. The van der Waals surface area contributed by atoms with E-state index in [-0.39, 0.29) is 18.7 Å². The molecule has 24 heavy (non-hydrogen) atoms. The van der Waals surface area contributed by atoms with Crippen molar-refractivity contribution in [3.05, 3.63) is 30.3 Å². The number of hydrogen-bond acceptors (Lipinski definition) is 5. The molecule has 132 valence electrons. The summed E-state index contributed by atoms with van der Waals surface area (Å²) in [5.74, 6) is 1.25. The fraction of sp³-hybridized carbons (Fsp3) is 0.632. The number of esters is 1. The highest BCUT2D eigenvalue weighted by Crippen LogP contribution is 2.38. The number of rotatable bonds is 5. The fourth-order valence-electron chi connectivity index (χ4n) is 4.26. The van der Waals surface area contributed by atoms with Crippen LogP contribution in [-0.2, 0) is 9.53 Å². The molecule has 5 heteroatoms. The number of ether oxygens (including phenoxy) is 2. The van der Waals surface area contributed by atoms with Gasteiger partial charge in [0.1, 0.15) is 11.9 Å². The van der Waals surface area contributed by atoms with Crippen molar-refractivity contribution in [2.24, 2.45) is 11.8 Å². The highest BCUT2D eigenvalue weighted by Gasteiger charge is 2.46. The first-order chi connectivity index (χ1) is 11.5. The molecule has 2 fully saturated rings. The Hall–Kier alpha value is -1.59. The largest absolute Gasteiger partial charge is 0.482 e. The topological polar surface area (TPSA) is 42.0 Å². The van der Waals surface area contributed by atoms with Gasteiger partial charge in [-0.15, -0.1) is 0 Å². The Morgan fingerprint density at radius 1 is 1.21 bits per heavy atom. The molecule has 1 aliphatic carbocycles. The van der Waals surface area contributed by atoms with Gasteiger partial charge in [0.2, 0.25) is 0 Å². The molecule has 1 heterocycles. The lowest BCUT2D eigenvalue weighted by Crippen LogP contribution is -2.59. The molecule has 0 radical (unpaired) electrons. The molecular formula is C19H28N2O3. The lowest BCUT2D eigenvalue weighted by Gasteiger charge is -2.50. The zero-order chi connectivity index (χ0) is 17.1. The van der Waals surface area contributed by atoms with Gasteiger partial charge in [0.25, 0.3) is 0 Å². The van der Waals surface area contributed by atoms with Gasteiger partial charge in [0.05, 0.1) is 0 Å². The number of carbonyl (C=O) groups excluding carboxylic acids is 1. The van der Waals surface area contributed by atoms with Crippen molar-refractivity contribution in [3.63, 3.8) is 0 Å². The van der Waals surface area contributed by atoms with Crippen LogP contribution in [0.5, 0.6) is 5.75 Å². The Kier molecular flexibility index (Phi) is 5.41. The average Bonchev–Trinajstić information content (AvgIpc) is 2.54. The van der Waals surface area contributed by atoms with Crippen LogP contribution in [0.4, 0.5) is 0 Å². The number of fused-ring (bicyclic) bond motifs is 2. The number of para-hydroxylation sites is 1. The van der Waals surface area contributed by atoms with Crippen LogP contribution in [0.2, 0.25) is 0 Å². The number of benzene rings is 1. The van der Waals surface area contributed by atoms with Gasteiger partial charge < -0.3 is 19.3 Å².